The topological polar surface area (TPSA) is 39.6 Å². The SMILES string of the molecule is C[C@@H](CCN1CCN(c2ccccn2)CC1)[C@H]1CC=C2C3=C(CC[C@@]21C)[C@@]1(C)CCC(O)C(C)(C)C1CC3. The van der Waals surface area contributed by atoms with Crippen molar-refractivity contribution >= 4 is 5.82 Å². The van der Waals surface area contributed by atoms with Gasteiger partial charge in [-0.25, -0.2) is 4.98 Å². The van der Waals surface area contributed by atoms with Gasteiger partial charge in [0, 0.05) is 32.4 Å². The third-order valence-corrected chi connectivity index (χ3v) is 12.4. The maximum atomic E-state index is 10.8. The molecule has 0 spiro atoms. The molecule has 0 radical (unpaired) electrons. The van der Waals surface area contributed by atoms with Crippen LogP contribution >= 0.6 is 0 Å². The second-order valence-corrected chi connectivity index (χ2v) is 14.5. The average molecular weight is 518 g/mol. The van der Waals surface area contributed by atoms with Crippen molar-refractivity contribution in [1.82, 2.24) is 9.88 Å². The first-order valence-electron chi connectivity index (χ1n) is 15.6. The summed E-state index contributed by atoms with van der Waals surface area (Å²) in [6.45, 7) is 18.1. The number of fused-ring (bicyclic) bond motifs is 4. The van der Waals surface area contributed by atoms with Gasteiger partial charge in [0.2, 0.25) is 0 Å². The molecule has 0 bridgehead atoms. The van der Waals surface area contributed by atoms with Gasteiger partial charge in [0.1, 0.15) is 5.82 Å². The van der Waals surface area contributed by atoms with Gasteiger partial charge in [-0.05, 0) is 115 Å². The van der Waals surface area contributed by atoms with Crippen molar-refractivity contribution in [3.63, 3.8) is 0 Å². The molecule has 4 aliphatic carbocycles. The fraction of sp³-hybridized carbons (Fsp3) is 0.735. The van der Waals surface area contributed by atoms with Crippen LogP contribution in [0.2, 0.25) is 0 Å². The Morgan fingerprint density at radius 3 is 2.53 bits per heavy atom. The summed E-state index contributed by atoms with van der Waals surface area (Å²) in [7, 11) is 0. The molecule has 1 aliphatic heterocycles. The van der Waals surface area contributed by atoms with Crippen LogP contribution in [0.25, 0.3) is 0 Å². The minimum absolute atomic E-state index is 0.0243. The lowest BCUT2D eigenvalue weighted by atomic mass is 9.46. The van der Waals surface area contributed by atoms with Gasteiger partial charge in [-0.2, -0.15) is 0 Å². The van der Waals surface area contributed by atoms with E-state index < -0.39 is 0 Å². The predicted molar refractivity (Wildman–Crippen MR) is 157 cm³/mol. The fourth-order valence-electron chi connectivity index (χ4n) is 9.91. The number of allylic oxidation sites excluding steroid dienone is 4. The number of hydrogen-bond acceptors (Lipinski definition) is 4. The number of aliphatic hydroxyl groups excluding tert-OH is 1. The van der Waals surface area contributed by atoms with Crippen LogP contribution in [-0.2, 0) is 0 Å². The van der Waals surface area contributed by atoms with Crippen molar-refractivity contribution in [3.05, 3.63) is 47.2 Å². The molecule has 4 nitrogen and oxygen atoms in total. The van der Waals surface area contributed by atoms with Crippen molar-refractivity contribution < 1.29 is 5.11 Å². The molecule has 1 N–H and O–H groups in total. The zero-order valence-corrected chi connectivity index (χ0v) is 24.7. The second kappa shape index (κ2) is 9.77. The summed E-state index contributed by atoms with van der Waals surface area (Å²) in [4.78, 5) is 9.67. The van der Waals surface area contributed by atoms with Crippen LogP contribution in [-0.4, -0.2) is 53.8 Å². The molecule has 5 aliphatic rings. The number of nitrogens with zero attached hydrogens (tertiary/aromatic N) is 3. The first kappa shape index (κ1) is 26.6. The highest BCUT2D eigenvalue weighted by Crippen LogP contribution is 2.66. The summed E-state index contributed by atoms with van der Waals surface area (Å²) in [5, 5.41) is 10.8. The van der Waals surface area contributed by atoms with E-state index in [9.17, 15) is 5.11 Å². The Morgan fingerprint density at radius 2 is 1.79 bits per heavy atom. The van der Waals surface area contributed by atoms with Crippen LogP contribution in [0.3, 0.4) is 0 Å². The molecule has 0 aromatic carbocycles. The lowest BCUT2D eigenvalue weighted by molar-refractivity contribution is -0.0905. The molecule has 38 heavy (non-hydrogen) atoms. The molecular weight excluding hydrogens is 466 g/mol. The van der Waals surface area contributed by atoms with Crippen LogP contribution in [0.1, 0.15) is 86.0 Å². The minimum atomic E-state index is -0.148. The molecule has 1 aromatic rings. The van der Waals surface area contributed by atoms with E-state index in [1.807, 2.05) is 12.3 Å². The lowest BCUT2D eigenvalue weighted by Crippen LogP contribution is -2.53. The zero-order valence-electron chi connectivity index (χ0n) is 24.7. The molecule has 6 rings (SSSR count). The van der Waals surface area contributed by atoms with E-state index in [2.05, 4.69) is 67.6 Å². The molecule has 1 saturated heterocycles. The highest BCUT2D eigenvalue weighted by atomic mass is 16.3. The zero-order chi connectivity index (χ0) is 26.7. The average Bonchev–Trinajstić information content (AvgIpc) is 3.28. The number of anilines is 1. The van der Waals surface area contributed by atoms with Gasteiger partial charge in [0.15, 0.2) is 0 Å². The fourth-order valence-corrected chi connectivity index (χ4v) is 9.91. The van der Waals surface area contributed by atoms with E-state index in [0.717, 1.165) is 50.3 Å². The third kappa shape index (κ3) is 4.20. The predicted octanol–water partition coefficient (Wildman–Crippen LogP) is 6.87. The monoisotopic (exact) mass is 517 g/mol. The third-order valence-electron chi connectivity index (χ3n) is 12.4. The van der Waals surface area contributed by atoms with Crippen molar-refractivity contribution in [3.8, 4) is 0 Å². The van der Waals surface area contributed by atoms with Gasteiger partial charge in [0.25, 0.3) is 0 Å². The summed E-state index contributed by atoms with van der Waals surface area (Å²) in [5.74, 6) is 3.26. The Morgan fingerprint density at radius 1 is 1.00 bits per heavy atom. The number of piperazine rings is 1. The number of pyridine rings is 1. The molecule has 0 amide bonds. The van der Waals surface area contributed by atoms with Crippen molar-refractivity contribution in [2.24, 2.45) is 34.0 Å². The molecule has 1 aromatic heterocycles. The van der Waals surface area contributed by atoms with Gasteiger partial charge < -0.3 is 10.0 Å². The van der Waals surface area contributed by atoms with E-state index in [1.165, 1.54) is 51.5 Å². The summed E-state index contributed by atoms with van der Waals surface area (Å²) in [5.41, 5.74) is 5.93. The van der Waals surface area contributed by atoms with Crippen LogP contribution in [0.5, 0.6) is 0 Å². The van der Waals surface area contributed by atoms with E-state index in [-0.39, 0.29) is 16.9 Å². The first-order valence-corrected chi connectivity index (χ1v) is 15.6. The lowest BCUT2D eigenvalue weighted by Gasteiger charge is -2.59. The largest absolute Gasteiger partial charge is 0.393 e. The van der Waals surface area contributed by atoms with E-state index in [4.69, 9.17) is 0 Å². The van der Waals surface area contributed by atoms with Gasteiger partial charge in [-0.1, -0.05) is 52.3 Å². The van der Waals surface area contributed by atoms with Gasteiger partial charge >= 0.3 is 0 Å². The standard InChI is InChI=1S/C34H51N3O/c1-24(15-19-36-20-22-37(23-21-36)31-8-6-7-18-35-31)26-10-11-27-25-9-12-29-32(2,3)30(38)14-17-34(29,5)28(25)13-16-33(26,27)4/h6-8,11,18,24,26,29-30,38H,9-10,12-17,19-23H2,1-5H3/t24-,26+,29?,30?,33+,34+/m0/s1. The summed E-state index contributed by atoms with van der Waals surface area (Å²) in [6, 6.07) is 6.23. The highest BCUT2D eigenvalue weighted by Gasteiger charge is 2.57. The van der Waals surface area contributed by atoms with E-state index in [0.29, 0.717) is 11.3 Å². The van der Waals surface area contributed by atoms with E-state index in [1.54, 1.807) is 16.7 Å². The van der Waals surface area contributed by atoms with Crippen LogP contribution in [0, 0.1) is 34.0 Å². The summed E-state index contributed by atoms with van der Waals surface area (Å²) in [6.07, 6.45) is 14.2. The molecule has 208 valence electrons. The molecule has 1 saturated carbocycles. The van der Waals surface area contributed by atoms with Gasteiger partial charge in [0.05, 0.1) is 6.10 Å². The molecule has 6 atom stereocenters. The Kier molecular flexibility index (Phi) is 6.83. The number of aliphatic hydroxyl groups is 1. The maximum absolute atomic E-state index is 10.8. The molecule has 2 heterocycles. The van der Waals surface area contributed by atoms with Gasteiger partial charge in [-0.3, -0.25) is 4.90 Å². The number of hydrogen-bond donors (Lipinski definition) is 1. The molecule has 2 unspecified atom stereocenters. The number of aromatic nitrogens is 1. The Hall–Kier alpha value is -1.65. The van der Waals surface area contributed by atoms with Crippen LogP contribution < -0.4 is 4.90 Å². The second-order valence-electron chi connectivity index (χ2n) is 14.5. The van der Waals surface area contributed by atoms with Crippen molar-refractivity contribution in [2.45, 2.75) is 92.1 Å². The Labute approximate surface area is 231 Å². The molecule has 2 fully saturated rings. The van der Waals surface area contributed by atoms with Crippen molar-refractivity contribution in [2.75, 3.05) is 37.6 Å². The highest BCUT2D eigenvalue weighted by molar-refractivity contribution is 5.50. The Bertz CT molecular complexity index is 1080. The van der Waals surface area contributed by atoms with Crippen LogP contribution in [0.15, 0.2) is 47.2 Å². The Balaban J connectivity index is 1.10. The summed E-state index contributed by atoms with van der Waals surface area (Å²) >= 11 is 0. The number of rotatable bonds is 5. The summed E-state index contributed by atoms with van der Waals surface area (Å²) < 4.78 is 0. The van der Waals surface area contributed by atoms with Crippen LogP contribution in [0.4, 0.5) is 5.82 Å². The van der Waals surface area contributed by atoms with E-state index >= 15 is 0 Å². The quantitative estimate of drug-likeness (QED) is 0.463. The van der Waals surface area contributed by atoms with Gasteiger partial charge in [-0.15, -0.1) is 0 Å². The maximum Gasteiger partial charge on any atom is 0.128 e. The molecule has 4 heteroatoms. The first-order chi connectivity index (χ1) is 18.1. The molecular formula is C34H51N3O. The van der Waals surface area contributed by atoms with Crippen molar-refractivity contribution in [1.29, 1.82) is 0 Å². The normalized spacial score (nSPS) is 37.8. The minimum Gasteiger partial charge on any atom is -0.393 e. The smallest absolute Gasteiger partial charge is 0.128 e.